The Morgan fingerprint density at radius 3 is 2.35 bits per heavy atom. The molecule has 0 spiro atoms. The van der Waals surface area contributed by atoms with Crippen LogP contribution in [0.25, 0.3) is 0 Å². The van der Waals surface area contributed by atoms with Crippen LogP contribution in [0.4, 0.5) is 11.4 Å². The Hall–Kier alpha value is -2.16. The van der Waals surface area contributed by atoms with Crippen molar-refractivity contribution in [3.63, 3.8) is 0 Å². The van der Waals surface area contributed by atoms with E-state index in [-0.39, 0.29) is 0 Å². The second kappa shape index (κ2) is 9.78. The van der Waals surface area contributed by atoms with Crippen LogP contribution in [0.2, 0.25) is 0 Å². The third kappa shape index (κ3) is 5.85. The average Bonchev–Trinajstić information content (AvgIpc) is 2.61. The van der Waals surface area contributed by atoms with Crippen LogP contribution in [-0.4, -0.2) is 26.2 Å². The monoisotopic (exact) mass is 312 g/mol. The van der Waals surface area contributed by atoms with E-state index in [0.29, 0.717) is 0 Å². The highest BCUT2D eigenvalue weighted by atomic mass is 16.5. The highest BCUT2D eigenvalue weighted by Gasteiger charge is 2.03. The third-order valence-corrected chi connectivity index (χ3v) is 3.83. The molecule has 0 atom stereocenters. The van der Waals surface area contributed by atoms with E-state index in [1.165, 1.54) is 5.69 Å². The largest absolute Gasteiger partial charge is 0.494 e. The first-order chi connectivity index (χ1) is 11.3. The minimum atomic E-state index is 0.797. The zero-order valence-corrected chi connectivity index (χ0v) is 14.3. The smallest absolute Gasteiger partial charge is 0.119 e. The van der Waals surface area contributed by atoms with Gasteiger partial charge < -0.3 is 15.0 Å². The summed E-state index contributed by atoms with van der Waals surface area (Å²) >= 11 is 0. The molecule has 0 aliphatic carbocycles. The Balaban J connectivity index is 1.77. The van der Waals surface area contributed by atoms with Crippen LogP contribution in [0.15, 0.2) is 54.6 Å². The summed E-state index contributed by atoms with van der Waals surface area (Å²) in [7, 11) is 0. The normalized spacial score (nSPS) is 10.3. The third-order valence-electron chi connectivity index (χ3n) is 3.83. The molecule has 124 valence electrons. The van der Waals surface area contributed by atoms with Crippen LogP contribution in [0, 0.1) is 0 Å². The quantitative estimate of drug-likeness (QED) is 0.638. The number of nitrogens with one attached hydrogen (secondary N) is 1. The Kier molecular flexibility index (Phi) is 7.31. The van der Waals surface area contributed by atoms with Gasteiger partial charge in [0.2, 0.25) is 0 Å². The molecule has 0 aliphatic heterocycles. The average molecular weight is 312 g/mol. The van der Waals surface area contributed by atoms with Crippen molar-refractivity contribution in [1.29, 1.82) is 0 Å². The van der Waals surface area contributed by atoms with Crippen molar-refractivity contribution >= 4 is 11.4 Å². The van der Waals surface area contributed by atoms with Crippen molar-refractivity contribution < 1.29 is 4.74 Å². The first-order valence-corrected chi connectivity index (χ1v) is 8.60. The van der Waals surface area contributed by atoms with Gasteiger partial charge in [-0.25, -0.2) is 0 Å². The van der Waals surface area contributed by atoms with Gasteiger partial charge in [0.05, 0.1) is 6.61 Å². The van der Waals surface area contributed by atoms with E-state index >= 15 is 0 Å². The minimum Gasteiger partial charge on any atom is -0.494 e. The maximum Gasteiger partial charge on any atom is 0.119 e. The van der Waals surface area contributed by atoms with Crippen molar-refractivity contribution in [1.82, 2.24) is 0 Å². The van der Waals surface area contributed by atoms with Crippen LogP contribution in [-0.2, 0) is 0 Å². The zero-order chi connectivity index (χ0) is 16.3. The summed E-state index contributed by atoms with van der Waals surface area (Å²) in [5.74, 6) is 0.948. The van der Waals surface area contributed by atoms with Gasteiger partial charge in [0, 0.05) is 31.0 Å². The molecule has 0 bridgehead atoms. The molecule has 0 aliphatic rings. The molecule has 0 fully saturated rings. The Morgan fingerprint density at radius 1 is 0.957 bits per heavy atom. The molecule has 0 aromatic heterocycles. The Bertz CT molecular complexity index is 539. The van der Waals surface area contributed by atoms with Crippen LogP contribution >= 0.6 is 0 Å². The number of hydrogen-bond donors (Lipinski definition) is 1. The second-order valence-corrected chi connectivity index (χ2v) is 5.57. The Labute approximate surface area is 140 Å². The standard InChI is InChI=1S/C20H28N2O/c1-3-5-17-23-20-13-11-18(12-14-20)21-15-16-22(4-2)19-9-7-6-8-10-19/h6-14,21H,3-5,15-17H2,1-2H3. The van der Waals surface area contributed by atoms with Crippen molar-refractivity contribution in [2.75, 3.05) is 36.5 Å². The number of unbranched alkanes of at least 4 members (excludes halogenated alkanes) is 1. The van der Waals surface area contributed by atoms with Gasteiger partial charge in [-0.3, -0.25) is 0 Å². The van der Waals surface area contributed by atoms with Crippen LogP contribution in [0.5, 0.6) is 5.75 Å². The molecule has 0 unspecified atom stereocenters. The molecule has 2 rings (SSSR count). The van der Waals surface area contributed by atoms with Crippen molar-refractivity contribution in [2.45, 2.75) is 26.7 Å². The maximum absolute atomic E-state index is 5.68. The van der Waals surface area contributed by atoms with Gasteiger partial charge in [-0.2, -0.15) is 0 Å². The summed E-state index contributed by atoms with van der Waals surface area (Å²) in [6, 6.07) is 18.8. The molecule has 0 radical (unpaired) electrons. The first kappa shape index (κ1) is 17.2. The summed E-state index contributed by atoms with van der Waals surface area (Å²) in [6.45, 7) is 8.07. The fourth-order valence-corrected chi connectivity index (χ4v) is 2.45. The van der Waals surface area contributed by atoms with E-state index in [1.807, 2.05) is 12.1 Å². The number of nitrogens with zero attached hydrogens (tertiary/aromatic N) is 1. The van der Waals surface area contributed by atoms with E-state index in [9.17, 15) is 0 Å². The van der Waals surface area contributed by atoms with E-state index in [0.717, 1.165) is 50.5 Å². The highest BCUT2D eigenvalue weighted by Crippen LogP contribution is 2.16. The lowest BCUT2D eigenvalue weighted by Gasteiger charge is -2.23. The second-order valence-electron chi connectivity index (χ2n) is 5.57. The van der Waals surface area contributed by atoms with E-state index < -0.39 is 0 Å². The number of anilines is 2. The lowest BCUT2D eigenvalue weighted by atomic mass is 10.2. The van der Waals surface area contributed by atoms with Gasteiger partial charge in [0.25, 0.3) is 0 Å². The van der Waals surface area contributed by atoms with Gasteiger partial charge in [-0.1, -0.05) is 31.5 Å². The van der Waals surface area contributed by atoms with Crippen LogP contribution in [0.3, 0.4) is 0 Å². The van der Waals surface area contributed by atoms with Crippen molar-refractivity contribution in [3.8, 4) is 5.75 Å². The van der Waals surface area contributed by atoms with Gasteiger partial charge in [0.1, 0.15) is 5.75 Å². The number of ether oxygens (including phenoxy) is 1. The SMILES string of the molecule is CCCCOc1ccc(NCCN(CC)c2ccccc2)cc1. The maximum atomic E-state index is 5.68. The van der Waals surface area contributed by atoms with Crippen LogP contribution in [0.1, 0.15) is 26.7 Å². The van der Waals surface area contributed by atoms with Gasteiger partial charge in [-0.15, -0.1) is 0 Å². The molecule has 0 saturated carbocycles. The summed E-state index contributed by atoms with van der Waals surface area (Å²) in [5.41, 5.74) is 2.41. The molecule has 3 nitrogen and oxygen atoms in total. The molecular weight excluding hydrogens is 284 g/mol. The predicted molar refractivity (Wildman–Crippen MR) is 99.7 cm³/mol. The topological polar surface area (TPSA) is 24.5 Å². The summed E-state index contributed by atoms with van der Waals surface area (Å²) < 4.78 is 5.68. The van der Waals surface area contributed by atoms with Crippen molar-refractivity contribution in [2.24, 2.45) is 0 Å². The fraction of sp³-hybridized carbons (Fsp3) is 0.400. The first-order valence-electron chi connectivity index (χ1n) is 8.60. The van der Waals surface area contributed by atoms with Gasteiger partial charge in [0.15, 0.2) is 0 Å². The summed E-state index contributed by atoms with van der Waals surface area (Å²) in [5, 5.41) is 3.48. The molecule has 3 heteroatoms. The van der Waals surface area contributed by atoms with Crippen molar-refractivity contribution in [3.05, 3.63) is 54.6 Å². The summed E-state index contributed by atoms with van der Waals surface area (Å²) in [6.07, 6.45) is 2.27. The number of hydrogen-bond acceptors (Lipinski definition) is 3. The molecular formula is C20H28N2O. The number of rotatable bonds is 10. The Morgan fingerprint density at radius 2 is 1.70 bits per heavy atom. The van der Waals surface area contributed by atoms with E-state index in [4.69, 9.17) is 4.74 Å². The van der Waals surface area contributed by atoms with Crippen LogP contribution < -0.4 is 15.0 Å². The van der Waals surface area contributed by atoms with Gasteiger partial charge >= 0.3 is 0 Å². The van der Waals surface area contributed by atoms with Gasteiger partial charge in [-0.05, 0) is 49.7 Å². The number of benzene rings is 2. The number of likely N-dealkylation sites (N-methyl/N-ethyl adjacent to an activating group) is 1. The molecule has 2 aromatic carbocycles. The molecule has 23 heavy (non-hydrogen) atoms. The number of para-hydroxylation sites is 1. The minimum absolute atomic E-state index is 0.797. The molecule has 0 heterocycles. The molecule has 0 saturated heterocycles. The molecule has 1 N–H and O–H groups in total. The summed E-state index contributed by atoms with van der Waals surface area (Å²) in [4.78, 5) is 2.37. The predicted octanol–water partition coefficient (Wildman–Crippen LogP) is 4.80. The van der Waals surface area contributed by atoms with E-state index in [1.54, 1.807) is 0 Å². The zero-order valence-electron chi connectivity index (χ0n) is 14.3. The molecule has 0 amide bonds. The highest BCUT2D eigenvalue weighted by molar-refractivity contribution is 5.48. The lowest BCUT2D eigenvalue weighted by Crippen LogP contribution is -2.28. The fourth-order valence-electron chi connectivity index (χ4n) is 2.45. The van der Waals surface area contributed by atoms with E-state index in [2.05, 4.69) is 66.5 Å². The lowest BCUT2D eigenvalue weighted by molar-refractivity contribution is 0.309. The molecule has 2 aromatic rings.